The minimum Gasteiger partial charge on any atom is -0.477 e. The van der Waals surface area contributed by atoms with Crippen LogP contribution < -0.4 is 9.97 Å². The molecule has 5 aromatic rings. The summed E-state index contributed by atoms with van der Waals surface area (Å²) >= 11 is 7.09. The van der Waals surface area contributed by atoms with E-state index in [1.54, 1.807) is 43.6 Å². The highest BCUT2D eigenvalue weighted by Crippen LogP contribution is 2.53. The molecule has 0 aliphatic rings. The summed E-state index contributed by atoms with van der Waals surface area (Å²) in [5, 5.41) is 10.8. The van der Waals surface area contributed by atoms with E-state index >= 15 is 0 Å². The van der Waals surface area contributed by atoms with Crippen molar-refractivity contribution in [3.8, 4) is 21.8 Å². The van der Waals surface area contributed by atoms with E-state index in [4.69, 9.17) is 20.5 Å². The van der Waals surface area contributed by atoms with E-state index in [0.717, 1.165) is 28.0 Å². The number of nitrogens with zero attached hydrogens (tertiary/aromatic N) is 2. The molecule has 5 rings (SSSR count). The molecule has 0 amide bonds. The van der Waals surface area contributed by atoms with Gasteiger partial charge in [-0.05, 0) is 48.0 Å². The lowest BCUT2D eigenvalue weighted by Crippen LogP contribution is -2.23. The molecule has 10 heteroatoms. The van der Waals surface area contributed by atoms with E-state index in [1.807, 2.05) is 42.5 Å². The summed E-state index contributed by atoms with van der Waals surface area (Å²) in [4.78, 5) is 17.2. The Morgan fingerprint density at radius 2 is 1.78 bits per heavy atom. The van der Waals surface area contributed by atoms with Gasteiger partial charge in [-0.1, -0.05) is 35.9 Å². The van der Waals surface area contributed by atoms with Crippen molar-refractivity contribution in [1.29, 1.82) is 0 Å². The quantitative estimate of drug-likeness (QED) is 0.219. The van der Waals surface area contributed by atoms with Crippen LogP contribution in [0.4, 0.5) is 5.69 Å². The highest BCUT2D eigenvalue weighted by atomic mass is 35.5. The van der Waals surface area contributed by atoms with Crippen molar-refractivity contribution >= 4 is 58.5 Å². The summed E-state index contributed by atoms with van der Waals surface area (Å²) in [6.07, 6.45) is 1.71. The van der Waals surface area contributed by atoms with Crippen molar-refractivity contribution < 1.29 is 23.4 Å². The Morgan fingerprint density at radius 3 is 2.42 bits per heavy atom. The van der Waals surface area contributed by atoms with E-state index in [9.17, 15) is 14.5 Å². The molecule has 182 valence electrons. The number of pyridine rings is 1. The van der Waals surface area contributed by atoms with Crippen molar-refractivity contribution in [2.75, 3.05) is 18.8 Å². The lowest BCUT2D eigenvalue weighted by Gasteiger charge is -2.28. The molecule has 1 unspecified atom stereocenters. The smallest absolute Gasteiger partial charge is 0.348 e. The van der Waals surface area contributed by atoms with Crippen molar-refractivity contribution in [1.82, 2.24) is 4.98 Å². The number of anilines is 1. The van der Waals surface area contributed by atoms with Crippen LogP contribution in [0.3, 0.4) is 0 Å². The first-order valence-corrected chi connectivity index (χ1v) is 13.6. The van der Waals surface area contributed by atoms with Crippen molar-refractivity contribution in [2.45, 2.75) is 0 Å². The fourth-order valence-electron chi connectivity index (χ4n) is 3.90. The van der Waals surface area contributed by atoms with Gasteiger partial charge in [0.05, 0.1) is 11.0 Å². The molecule has 0 aliphatic carbocycles. The number of hydrogen-bond donors (Lipinski definition) is 1. The Bertz CT molecular complexity index is 1580. The molecule has 0 bridgehead atoms. The van der Waals surface area contributed by atoms with Crippen LogP contribution in [0.15, 0.2) is 83.4 Å². The third kappa shape index (κ3) is 4.33. The van der Waals surface area contributed by atoms with Gasteiger partial charge in [0.2, 0.25) is 0 Å². The molecule has 1 N–H and O–H groups in total. The number of aromatic nitrogens is 1. The van der Waals surface area contributed by atoms with Gasteiger partial charge in [0.25, 0.3) is 0 Å². The number of carbonyl (C=O) groups is 1. The van der Waals surface area contributed by atoms with E-state index in [1.165, 1.54) is 11.8 Å². The predicted octanol–water partition coefficient (Wildman–Crippen LogP) is 7.18. The first kappa shape index (κ1) is 24.3. The van der Waals surface area contributed by atoms with Gasteiger partial charge in [-0.2, -0.15) is 0 Å². The SMILES string of the molecule is COP(=O)(c1ccc(Cl)cc1)N(C)c1cc(-c2ccc(-c3cc4ncccc4o3)cc2)sc1C(=O)O. The monoisotopic (exact) mass is 538 g/mol. The molecule has 7 nitrogen and oxygen atoms in total. The summed E-state index contributed by atoms with van der Waals surface area (Å²) in [5.74, 6) is -0.421. The minimum atomic E-state index is -3.59. The number of benzene rings is 2. The Morgan fingerprint density at radius 1 is 1.08 bits per heavy atom. The van der Waals surface area contributed by atoms with Crippen molar-refractivity contribution in [2.24, 2.45) is 0 Å². The number of furan rings is 1. The van der Waals surface area contributed by atoms with E-state index in [-0.39, 0.29) is 4.88 Å². The van der Waals surface area contributed by atoms with Gasteiger partial charge in [-0.15, -0.1) is 11.3 Å². The Labute approximate surface area is 216 Å². The molecule has 1 atom stereocenters. The molecule has 0 saturated heterocycles. The molecule has 36 heavy (non-hydrogen) atoms. The number of thiophene rings is 1. The third-order valence-electron chi connectivity index (χ3n) is 5.79. The first-order valence-electron chi connectivity index (χ1n) is 10.8. The van der Waals surface area contributed by atoms with E-state index < -0.39 is 13.5 Å². The topological polar surface area (TPSA) is 92.9 Å². The molecule has 0 radical (unpaired) electrons. The van der Waals surface area contributed by atoms with Gasteiger partial charge < -0.3 is 14.0 Å². The molecule has 0 spiro atoms. The first-order chi connectivity index (χ1) is 17.3. The molecule has 0 fully saturated rings. The molecular weight excluding hydrogens is 519 g/mol. The van der Waals surface area contributed by atoms with Gasteiger partial charge >= 0.3 is 13.5 Å². The van der Waals surface area contributed by atoms with Crippen LogP contribution in [0.25, 0.3) is 32.9 Å². The van der Waals surface area contributed by atoms with Gasteiger partial charge in [-0.3, -0.25) is 14.2 Å². The summed E-state index contributed by atoms with van der Waals surface area (Å²) < 4.78 is 26.6. The zero-order chi connectivity index (χ0) is 25.4. The molecule has 0 saturated carbocycles. The maximum Gasteiger partial charge on any atom is 0.348 e. The number of carboxylic acids is 1. The fourth-order valence-corrected chi connectivity index (χ4v) is 6.90. The van der Waals surface area contributed by atoms with Crippen LogP contribution in [0.1, 0.15) is 9.67 Å². The lowest BCUT2D eigenvalue weighted by molar-refractivity contribution is 0.0703. The van der Waals surface area contributed by atoms with Gasteiger partial charge in [0.15, 0.2) is 5.58 Å². The summed E-state index contributed by atoms with van der Waals surface area (Å²) in [5.41, 5.74) is 3.47. The number of rotatable bonds is 7. The molecule has 3 heterocycles. The summed E-state index contributed by atoms with van der Waals surface area (Å²) in [6, 6.07) is 21.3. The fraction of sp³-hybridized carbons (Fsp3) is 0.0769. The second-order valence-electron chi connectivity index (χ2n) is 7.91. The molecule has 2 aromatic carbocycles. The number of carboxylic acid groups (broad SMARTS) is 1. The third-order valence-corrected chi connectivity index (χ3v) is 9.66. The zero-order valence-corrected chi connectivity index (χ0v) is 21.7. The highest BCUT2D eigenvalue weighted by molar-refractivity contribution is 7.68. The van der Waals surface area contributed by atoms with Crippen molar-refractivity contribution in [3.05, 3.63) is 88.9 Å². The van der Waals surface area contributed by atoms with Gasteiger partial charge in [0, 0.05) is 41.9 Å². The Hall–Kier alpha value is -3.42. The molecular formula is C26H20ClN2O5PS. The average Bonchev–Trinajstić information content (AvgIpc) is 3.53. The van der Waals surface area contributed by atoms with Crippen LogP contribution >= 0.6 is 30.5 Å². The van der Waals surface area contributed by atoms with E-state index in [0.29, 0.717) is 32.2 Å². The normalized spacial score (nSPS) is 13.0. The second kappa shape index (κ2) is 9.56. The van der Waals surface area contributed by atoms with Crippen LogP contribution in [0, 0.1) is 0 Å². The van der Waals surface area contributed by atoms with Gasteiger partial charge in [-0.25, -0.2) is 4.79 Å². The second-order valence-corrected chi connectivity index (χ2v) is 11.9. The van der Waals surface area contributed by atoms with Gasteiger partial charge in [0.1, 0.15) is 16.2 Å². The minimum absolute atomic E-state index is 0.0613. The zero-order valence-electron chi connectivity index (χ0n) is 19.2. The average molecular weight is 539 g/mol. The maximum absolute atomic E-state index is 13.8. The van der Waals surface area contributed by atoms with Crippen molar-refractivity contribution in [3.63, 3.8) is 0 Å². The van der Waals surface area contributed by atoms with Crippen LogP contribution in [0.2, 0.25) is 5.02 Å². The maximum atomic E-state index is 13.8. The molecule has 0 aliphatic heterocycles. The summed E-state index contributed by atoms with van der Waals surface area (Å²) in [7, 11) is -0.689. The Balaban J connectivity index is 1.50. The van der Waals surface area contributed by atoms with Crippen LogP contribution in [-0.2, 0) is 9.09 Å². The van der Waals surface area contributed by atoms with E-state index in [2.05, 4.69) is 4.98 Å². The summed E-state index contributed by atoms with van der Waals surface area (Å²) in [6.45, 7) is 0. The number of aromatic carboxylic acids is 1. The number of halogens is 1. The number of fused-ring (bicyclic) bond motifs is 1. The lowest BCUT2D eigenvalue weighted by atomic mass is 10.1. The number of hydrogen-bond acceptors (Lipinski definition) is 6. The van der Waals surface area contributed by atoms with Crippen LogP contribution in [0.5, 0.6) is 0 Å². The largest absolute Gasteiger partial charge is 0.477 e. The Kier molecular flexibility index (Phi) is 6.45. The molecule has 3 aromatic heterocycles. The van der Waals surface area contributed by atoms with Crippen LogP contribution in [-0.4, -0.2) is 30.2 Å². The standard InChI is InChI=1S/C26H20ClN2O5PS/c1-29(35(32,33-2)19-11-9-18(27)10-12-19)21-15-24(36-25(21)26(30)31)17-7-5-16(6-8-17)23-14-20-22(34-23)4-3-13-28-20/h3-15H,1-2H3,(H,30,31). The highest BCUT2D eigenvalue weighted by Gasteiger charge is 2.34. The predicted molar refractivity (Wildman–Crippen MR) is 144 cm³/mol.